The molecule has 0 N–H and O–H groups in total. The van der Waals surface area contributed by atoms with Gasteiger partial charge in [0.25, 0.3) is 0 Å². The molecule has 0 aliphatic carbocycles. The standard InChI is InChI=1S/C16H30O2.C8H8.C4H6O2.Na/c1-4-5-6-7-8-9-10-11-12-13-14-18-16(17)15(2)3;1-2-8-6-4-3-5-7-8;1-3(2)4(5)6;/h2,4-14H2,1,3H3;2-7H,1H2;1H2,2H3,(H,5,6);/q;;;+1/p-1. The van der Waals surface area contributed by atoms with Crippen LogP contribution < -0.4 is 34.7 Å². The molecule has 5 heteroatoms. The van der Waals surface area contributed by atoms with Crippen molar-refractivity contribution in [3.63, 3.8) is 0 Å². The van der Waals surface area contributed by atoms with Crippen LogP contribution in [0, 0.1) is 0 Å². The van der Waals surface area contributed by atoms with Crippen LogP contribution in [0.3, 0.4) is 0 Å². The van der Waals surface area contributed by atoms with E-state index in [2.05, 4.69) is 26.7 Å². The van der Waals surface area contributed by atoms with Crippen molar-refractivity contribution in [3.8, 4) is 0 Å². The molecule has 0 heterocycles. The number of hydrogen-bond donors (Lipinski definition) is 0. The van der Waals surface area contributed by atoms with E-state index in [4.69, 9.17) is 4.74 Å². The minimum absolute atomic E-state index is 0. The SMILES string of the molecule is C=C(C)C(=O)OCCCCCCCCCCCC.C=C(C)C(=O)[O-].C=Cc1ccccc1.[Na+]. The Bertz CT molecular complexity index is 641. The van der Waals surface area contributed by atoms with Crippen LogP contribution in [-0.4, -0.2) is 18.5 Å². The third kappa shape index (κ3) is 28.3. The van der Waals surface area contributed by atoms with E-state index < -0.39 is 5.97 Å². The Balaban J connectivity index is -0.000000492. The molecule has 0 amide bonds. The van der Waals surface area contributed by atoms with Gasteiger partial charge in [-0.15, -0.1) is 0 Å². The van der Waals surface area contributed by atoms with Crippen molar-refractivity contribution in [1.29, 1.82) is 0 Å². The van der Waals surface area contributed by atoms with Gasteiger partial charge in [0.1, 0.15) is 0 Å². The molecule has 0 radical (unpaired) electrons. The van der Waals surface area contributed by atoms with Crippen molar-refractivity contribution in [3.05, 3.63) is 66.8 Å². The van der Waals surface area contributed by atoms with Crippen LogP contribution in [0.1, 0.15) is 90.5 Å². The summed E-state index contributed by atoms with van der Waals surface area (Å²) in [7, 11) is 0. The van der Waals surface area contributed by atoms with E-state index >= 15 is 0 Å². The summed E-state index contributed by atoms with van der Waals surface area (Å²) in [5.41, 5.74) is 1.73. The molecule has 0 saturated heterocycles. The molecule has 1 aromatic carbocycles. The molecule has 0 unspecified atom stereocenters. The van der Waals surface area contributed by atoms with Gasteiger partial charge in [-0.25, -0.2) is 4.79 Å². The van der Waals surface area contributed by atoms with E-state index in [1.165, 1.54) is 70.3 Å². The summed E-state index contributed by atoms with van der Waals surface area (Å²) in [6, 6.07) is 10.0. The third-order valence-electron chi connectivity index (χ3n) is 4.46. The van der Waals surface area contributed by atoms with Crippen LogP contribution in [-0.2, 0) is 14.3 Å². The summed E-state index contributed by atoms with van der Waals surface area (Å²) in [6.45, 7) is 16.1. The van der Waals surface area contributed by atoms with Gasteiger partial charge in [-0.2, -0.15) is 0 Å². The van der Waals surface area contributed by atoms with E-state index in [1.807, 2.05) is 36.4 Å². The molecular formula is C28H43NaO4. The molecule has 1 aromatic rings. The minimum atomic E-state index is -1.19. The molecule has 180 valence electrons. The third-order valence-corrected chi connectivity index (χ3v) is 4.46. The zero-order valence-electron chi connectivity index (χ0n) is 21.5. The average molecular weight is 467 g/mol. The van der Waals surface area contributed by atoms with Gasteiger partial charge in [-0.3, -0.25) is 0 Å². The van der Waals surface area contributed by atoms with Crippen molar-refractivity contribution in [2.75, 3.05) is 6.61 Å². The Labute approximate surface area is 224 Å². The number of esters is 1. The number of hydrogen-bond acceptors (Lipinski definition) is 4. The second-order valence-electron chi connectivity index (χ2n) is 7.78. The number of unbranched alkanes of at least 4 members (excludes halogenated alkanes) is 9. The van der Waals surface area contributed by atoms with E-state index in [9.17, 15) is 14.7 Å². The number of rotatable bonds is 14. The fourth-order valence-electron chi connectivity index (χ4n) is 2.47. The fraction of sp³-hybridized carbons (Fsp3) is 0.500. The van der Waals surface area contributed by atoms with Crippen molar-refractivity contribution in [2.45, 2.75) is 85.0 Å². The monoisotopic (exact) mass is 466 g/mol. The summed E-state index contributed by atoms with van der Waals surface area (Å²) < 4.78 is 5.04. The molecule has 33 heavy (non-hydrogen) atoms. The molecule has 0 saturated carbocycles. The number of aliphatic carboxylic acids is 1. The van der Waals surface area contributed by atoms with Gasteiger partial charge in [0.15, 0.2) is 0 Å². The largest absolute Gasteiger partial charge is 1.00 e. The molecule has 0 aliphatic rings. The maximum absolute atomic E-state index is 11.1. The zero-order chi connectivity index (χ0) is 24.6. The van der Waals surface area contributed by atoms with Crippen molar-refractivity contribution in [1.82, 2.24) is 0 Å². The van der Waals surface area contributed by atoms with Crippen LogP contribution >= 0.6 is 0 Å². The maximum Gasteiger partial charge on any atom is 1.00 e. The summed E-state index contributed by atoms with van der Waals surface area (Å²) in [5.74, 6) is -1.44. The Morgan fingerprint density at radius 3 is 1.61 bits per heavy atom. The molecular weight excluding hydrogens is 423 g/mol. The molecule has 4 nitrogen and oxygen atoms in total. The van der Waals surface area contributed by atoms with E-state index in [-0.39, 0.29) is 41.1 Å². The predicted octanol–water partition coefficient (Wildman–Crippen LogP) is 3.67. The van der Waals surface area contributed by atoms with Gasteiger partial charge in [0, 0.05) is 5.57 Å². The summed E-state index contributed by atoms with van der Waals surface area (Å²) >= 11 is 0. The van der Waals surface area contributed by atoms with Crippen LogP contribution in [0.15, 0.2) is 61.2 Å². The topological polar surface area (TPSA) is 66.4 Å². The zero-order valence-corrected chi connectivity index (χ0v) is 23.5. The van der Waals surface area contributed by atoms with Crippen molar-refractivity contribution >= 4 is 18.0 Å². The van der Waals surface area contributed by atoms with E-state index in [0.29, 0.717) is 12.2 Å². The maximum atomic E-state index is 11.1. The van der Waals surface area contributed by atoms with Crippen molar-refractivity contribution < 1.29 is 49.0 Å². The molecule has 0 fully saturated rings. The Morgan fingerprint density at radius 2 is 1.27 bits per heavy atom. The first-order valence-corrected chi connectivity index (χ1v) is 11.6. The summed E-state index contributed by atoms with van der Waals surface area (Å²) in [5, 5.41) is 9.49. The first-order chi connectivity index (χ1) is 15.3. The average Bonchev–Trinajstić information content (AvgIpc) is 2.78. The number of ether oxygens (including phenoxy) is 1. The van der Waals surface area contributed by atoms with Gasteiger partial charge in [0.05, 0.1) is 12.6 Å². The van der Waals surface area contributed by atoms with Gasteiger partial charge < -0.3 is 14.6 Å². The van der Waals surface area contributed by atoms with Gasteiger partial charge in [-0.05, 0) is 31.4 Å². The Morgan fingerprint density at radius 1 is 0.848 bits per heavy atom. The summed E-state index contributed by atoms with van der Waals surface area (Å²) in [6.07, 6.45) is 14.8. The van der Waals surface area contributed by atoms with Gasteiger partial charge >= 0.3 is 35.5 Å². The molecule has 0 bridgehead atoms. The number of carboxylic acid groups (broad SMARTS) is 1. The van der Waals surface area contributed by atoms with Crippen LogP contribution in [0.2, 0.25) is 0 Å². The molecule has 0 atom stereocenters. The first-order valence-electron chi connectivity index (χ1n) is 11.6. The summed E-state index contributed by atoms with van der Waals surface area (Å²) in [4.78, 5) is 20.6. The molecule has 1 rings (SSSR count). The van der Waals surface area contributed by atoms with Gasteiger partial charge in [-0.1, -0.05) is 121 Å². The van der Waals surface area contributed by atoms with Crippen LogP contribution in [0.4, 0.5) is 0 Å². The smallest absolute Gasteiger partial charge is 0.545 e. The molecule has 0 spiro atoms. The number of carbonyl (C=O) groups excluding carboxylic acids is 2. The molecule has 0 aromatic heterocycles. The first kappa shape index (κ1) is 36.0. The van der Waals surface area contributed by atoms with Crippen molar-refractivity contribution in [2.24, 2.45) is 0 Å². The second kappa shape index (κ2) is 26.6. The van der Waals surface area contributed by atoms with Crippen LogP contribution in [0.5, 0.6) is 0 Å². The number of carboxylic acids is 1. The Hall–Kier alpha value is -1.62. The minimum Gasteiger partial charge on any atom is -0.545 e. The number of carbonyl (C=O) groups is 2. The quantitative estimate of drug-likeness (QED) is 0.182. The molecule has 0 aliphatic heterocycles. The predicted molar refractivity (Wildman–Crippen MR) is 134 cm³/mol. The second-order valence-corrected chi connectivity index (χ2v) is 7.78. The fourth-order valence-corrected chi connectivity index (χ4v) is 2.47. The number of benzene rings is 1. The Kier molecular flexibility index (Phi) is 29.0. The van der Waals surface area contributed by atoms with Crippen LogP contribution in [0.25, 0.3) is 6.08 Å². The van der Waals surface area contributed by atoms with Gasteiger partial charge in [0.2, 0.25) is 0 Å². The van der Waals surface area contributed by atoms with E-state index in [1.54, 1.807) is 6.92 Å². The normalized spacial score (nSPS) is 9.06. The van der Waals surface area contributed by atoms with E-state index in [0.717, 1.165) is 6.42 Å².